The summed E-state index contributed by atoms with van der Waals surface area (Å²) in [6.07, 6.45) is 1.66. The van der Waals surface area contributed by atoms with E-state index in [-0.39, 0.29) is 5.75 Å². The second-order valence-electron chi connectivity index (χ2n) is 5.52. The van der Waals surface area contributed by atoms with Gasteiger partial charge < -0.3 is 10.4 Å². The molecule has 0 saturated carbocycles. The van der Waals surface area contributed by atoms with Crippen molar-refractivity contribution in [2.24, 2.45) is 5.10 Å². The predicted molar refractivity (Wildman–Crippen MR) is 99.9 cm³/mol. The molecule has 0 aliphatic rings. The number of phenolic OH excluding ortho intramolecular Hbond substituents is 1. The van der Waals surface area contributed by atoms with Crippen LogP contribution in [0.25, 0.3) is 0 Å². The lowest BCUT2D eigenvalue weighted by Gasteiger charge is -2.08. The monoisotopic (exact) mass is 333 g/mol. The standard InChI is InChI=1S/C19H19N5O/c1-14-11-18(24-21-13-16-7-9-17(25)10-8-16)23-19(22-14)20-12-15-5-3-2-4-6-15/h2-11,13,25H,12H2,1H3,(H2,20,22,23,24)/b21-13+. The quantitative estimate of drug-likeness (QED) is 0.475. The molecule has 0 fully saturated rings. The number of anilines is 2. The number of hydrogen-bond acceptors (Lipinski definition) is 6. The minimum atomic E-state index is 0.227. The minimum Gasteiger partial charge on any atom is -0.508 e. The van der Waals surface area contributed by atoms with Crippen LogP contribution in [-0.2, 0) is 6.54 Å². The van der Waals surface area contributed by atoms with Crippen LogP contribution in [0.5, 0.6) is 5.75 Å². The lowest BCUT2D eigenvalue weighted by Crippen LogP contribution is -2.06. The van der Waals surface area contributed by atoms with Crippen molar-refractivity contribution in [1.29, 1.82) is 0 Å². The Morgan fingerprint density at radius 1 is 1.04 bits per heavy atom. The van der Waals surface area contributed by atoms with E-state index >= 15 is 0 Å². The highest BCUT2D eigenvalue weighted by molar-refractivity contribution is 5.80. The Morgan fingerprint density at radius 3 is 2.56 bits per heavy atom. The molecule has 1 aromatic heterocycles. The third-order valence-electron chi connectivity index (χ3n) is 3.43. The van der Waals surface area contributed by atoms with Crippen molar-refractivity contribution in [3.05, 3.63) is 77.5 Å². The van der Waals surface area contributed by atoms with Gasteiger partial charge in [0.05, 0.1) is 6.21 Å². The molecular formula is C19H19N5O. The smallest absolute Gasteiger partial charge is 0.225 e. The van der Waals surface area contributed by atoms with Gasteiger partial charge in [-0.3, -0.25) is 5.43 Å². The van der Waals surface area contributed by atoms with Gasteiger partial charge >= 0.3 is 0 Å². The van der Waals surface area contributed by atoms with Crippen molar-refractivity contribution in [3.63, 3.8) is 0 Å². The number of phenols is 1. The highest BCUT2D eigenvalue weighted by atomic mass is 16.3. The molecule has 0 saturated heterocycles. The first-order valence-corrected chi connectivity index (χ1v) is 7.91. The summed E-state index contributed by atoms with van der Waals surface area (Å²) in [6, 6.07) is 18.7. The van der Waals surface area contributed by atoms with Crippen LogP contribution in [0, 0.1) is 6.92 Å². The number of nitrogens with one attached hydrogen (secondary N) is 2. The summed E-state index contributed by atoms with van der Waals surface area (Å²) in [4.78, 5) is 8.79. The maximum atomic E-state index is 9.27. The summed E-state index contributed by atoms with van der Waals surface area (Å²) in [7, 11) is 0. The van der Waals surface area contributed by atoms with Crippen molar-refractivity contribution < 1.29 is 5.11 Å². The Hall–Kier alpha value is -3.41. The zero-order chi connectivity index (χ0) is 17.5. The molecule has 0 unspecified atom stereocenters. The van der Waals surface area contributed by atoms with Gasteiger partial charge in [0.25, 0.3) is 0 Å². The Morgan fingerprint density at radius 2 is 1.80 bits per heavy atom. The van der Waals surface area contributed by atoms with E-state index in [0.717, 1.165) is 16.8 Å². The van der Waals surface area contributed by atoms with E-state index < -0.39 is 0 Å². The van der Waals surface area contributed by atoms with Crippen molar-refractivity contribution in [1.82, 2.24) is 9.97 Å². The maximum absolute atomic E-state index is 9.27. The molecule has 3 N–H and O–H groups in total. The highest BCUT2D eigenvalue weighted by Crippen LogP contribution is 2.11. The van der Waals surface area contributed by atoms with Crippen molar-refractivity contribution in [2.75, 3.05) is 10.7 Å². The van der Waals surface area contributed by atoms with Crippen LogP contribution >= 0.6 is 0 Å². The largest absolute Gasteiger partial charge is 0.508 e. The first-order chi connectivity index (χ1) is 12.2. The van der Waals surface area contributed by atoms with Crippen LogP contribution in [0.3, 0.4) is 0 Å². The molecule has 1 heterocycles. The molecular weight excluding hydrogens is 314 g/mol. The first-order valence-electron chi connectivity index (χ1n) is 7.91. The lowest BCUT2D eigenvalue weighted by molar-refractivity contribution is 0.475. The second-order valence-corrected chi connectivity index (χ2v) is 5.52. The summed E-state index contributed by atoms with van der Waals surface area (Å²) in [5, 5.41) is 16.7. The summed E-state index contributed by atoms with van der Waals surface area (Å²) in [5.41, 5.74) is 5.78. The van der Waals surface area contributed by atoms with E-state index in [1.807, 2.05) is 43.3 Å². The third-order valence-corrected chi connectivity index (χ3v) is 3.43. The fraction of sp³-hybridized carbons (Fsp3) is 0.105. The van der Waals surface area contributed by atoms with Gasteiger partial charge in [0, 0.05) is 18.3 Å². The number of aromatic hydroxyl groups is 1. The Balaban J connectivity index is 1.63. The molecule has 0 amide bonds. The summed E-state index contributed by atoms with van der Waals surface area (Å²) < 4.78 is 0. The number of aromatic nitrogens is 2. The molecule has 0 atom stereocenters. The van der Waals surface area contributed by atoms with E-state index in [4.69, 9.17) is 0 Å². The average Bonchev–Trinajstić information content (AvgIpc) is 2.62. The summed E-state index contributed by atoms with van der Waals surface area (Å²) in [6.45, 7) is 2.56. The van der Waals surface area contributed by atoms with Crippen LogP contribution in [0.4, 0.5) is 11.8 Å². The highest BCUT2D eigenvalue weighted by Gasteiger charge is 2.01. The number of aryl methyl sites for hydroxylation is 1. The SMILES string of the molecule is Cc1cc(N/N=C/c2ccc(O)cc2)nc(NCc2ccccc2)n1. The van der Waals surface area contributed by atoms with E-state index in [9.17, 15) is 5.11 Å². The molecule has 0 spiro atoms. The molecule has 3 rings (SSSR count). The van der Waals surface area contributed by atoms with E-state index in [2.05, 4.69) is 25.8 Å². The van der Waals surface area contributed by atoms with Gasteiger partial charge in [0.15, 0.2) is 5.82 Å². The van der Waals surface area contributed by atoms with Crippen molar-refractivity contribution in [2.45, 2.75) is 13.5 Å². The molecule has 0 aliphatic heterocycles. The normalized spacial score (nSPS) is 10.8. The van der Waals surface area contributed by atoms with Gasteiger partial charge in [-0.2, -0.15) is 10.1 Å². The molecule has 25 heavy (non-hydrogen) atoms. The second kappa shape index (κ2) is 7.92. The Kier molecular flexibility index (Phi) is 5.21. The third kappa shape index (κ3) is 5.04. The summed E-state index contributed by atoms with van der Waals surface area (Å²) >= 11 is 0. The van der Waals surface area contributed by atoms with E-state index in [1.54, 1.807) is 30.5 Å². The molecule has 3 aromatic rings. The van der Waals surface area contributed by atoms with Crippen LogP contribution in [0.2, 0.25) is 0 Å². The van der Waals surface area contributed by atoms with Crippen molar-refractivity contribution >= 4 is 18.0 Å². The Labute approximate surface area is 146 Å². The molecule has 0 radical (unpaired) electrons. The van der Waals surface area contributed by atoms with E-state index in [0.29, 0.717) is 18.3 Å². The lowest BCUT2D eigenvalue weighted by atomic mass is 10.2. The fourth-order valence-electron chi connectivity index (χ4n) is 2.22. The number of benzene rings is 2. The number of hydrogen-bond donors (Lipinski definition) is 3. The fourth-order valence-corrected chi connectivity index (χ4v) is 2.22. The maximum Gasteiger partial charge on any atom is 0.225 e. The van der Waals surface area contributed by atoms with Gasteiger partial charge in [0.1, 0.15) is 5.75 Å². The van der Waals surface area contributed by atoms with Crippen LogP contribution < -0.4 is 10.7 Å². The minimum absolute atomic E-state index is 0.227. The van der Waals surface area contributed by atoms with E-state index in [1.165, 1.54) is 0 Å². The van der Waals surface area contributed by atoms with Gasteiger partial charge in [-0.05, 0) is 42.3 Å². The molecule has 6 heteroatoms. The van der Waals surface area contributed by atoms with Crippen LogP contribution in [0.15, 0.2) is 65.8 Å². The topological polar surface area (TPSA) is 82.4 Å². The first kappa shape index (κ1) is 16.4. The van der Waals surface area contributed by atoms with Crippen molar-refractivity contribution in [3.8, 4) is 5.75 Å². The Bertz CT molecular complexity index is 847. The molecule has 0 aliphatic carbocycles. The number of rotatable bonds is 6. The summed E-state index contributed by atoms with van der Waals surface area (Å²) in [5.74, 6) is 1.38. The van der Waals surface area contributed by atoms with Crippen LogP contribution in [0.1, 0.15) is 16.8 Å². The predicted octanol–water partition coefficient (Wildman–Crippen LogP) is 3.55. The zero-order valence-corrected chi connectivity index (χ0v) is 13.8. The van der Waals surface area contributed by atoms with Crippen LogP contribution in [-0.4, -0.2) is 21.3 Å². The molecule has 6 nitrogen and oxygen atoms in total. The van der Waals surface area contributed by atoms with Gasteiger partial charge in [-0.25, -0.2) is 4.98 Å². The molecule has 2 aromatic carbocycles. The van der Waals surface area contributed by atoms with Gasteiger partial charge in [-0.15, -0.1) is 0 Å². The molecule has 0 bridgehead atoms. The molecule has 126 valence electrons. The number of hydrazone groups is 1. The zero-order valence-electron chi connectivity index (χ0n) is 13.8. The number of nitrogens with zero attached hydrogens (tertiary/aromatic N) is 3. The van der Waals surface area contributed by atoms with Gasteiger partial charge in [-0.1, -0.05) is 30.3 Å². The van der Waals surface area contributed by atoms with Gasteiger partial charge in [0.2, 0.25) is 5.95 Å². The average molecular weight is 333 g/mol.